The summed E-state index contributed by atoms with van der Waals surface area (Å²) in [5, 5.41) is 4.53. The molecule has 8 rings (SSSR count). The second-order valence-corrected chi connectivity index (χ2v) is 12.9. The minimum Gasteiger partial charge on any atom is -0.475 e. The molecule has 3 aromatic rings. The molecule has 12 heteroatoms. The largest absolute Gasteiger partial charge is 0.475 e. The van der Waals surface area contributed by atoms with Crippen molar-refractivity contribution in [1.29, 1.82) is 0 Å². The molecule has 1 saturated carbocycles. The predicted molar refractivity (Wildman–Crippen MR) is 155 cm³/mol. The van der Waals surface area contributed by atoms with Crippen molar-refractivity contribution in [2.75, 3.05) is 44.3 Å². The molecular formula is C30H34ClF2N7O2. The summed E-state index contributed by atoms with van der Waals surface area (Å²) >= 11 is 6.58. The second kappa shape index (κ2) is 10.1. The van der Waals surface area contributed by atoms with Gasteiger partial charge in [0.2, 0.25) is 5.88 Å². The van der Waals surface area contributed by atoms with Crippen LogP contribution in [0.25, 0.3) is 22.2 Å². The molecule has 4 fully saturated rings. The Kier molecular flexibility index (Phi) is 6.42. The van der Waals surface area contributed by atoms with Crippen LogP contribution in [0.2, 0.25) is 5.02 Å². The monoisotopic (exact) mass is 597 g/mol. The number of ether oxygens (including phenoxy) is 2. The highest BCUT2D eigenvalue weighted by atomic mass is 35.5. The Morgan fingerprint density at radius 1 is 1.21 bits per heavy atom. The van der Waals surface area contributed by atoms with Crippen molar-refractivity contribution < 1.29 is 18.3 Å². The zero-order valence-corrected chi connectivity index (χ0v) is 24.3. The molecule has 7 heterocycles. The Hall–Kier alpha value is -2.89. The summed E-state index contributed by atoms with van der Waals surface area (Å²) in [5.41, 5.74) is 1.25. The minimum atomic E-state index is -0.874. The van der Waals surface area contributed by atoms with E-state index in [-0.39, 0.29) is 47.4 Å². The van der Waals surface area contributed by atoms with Crippen molar-refractivity contribution in [3.63, 3.8) is 0 Å². The van der Waals surface area contributed by atoms with Gasteiger partial charge in [0.15, 0.2) is 5.82 Å². The SMILES string of the molecule is CC[C@@H]1CN2c3nc(OC[C@@]45CCCN4C[C@H](F)C5)nc4c(F)c(-c5cncc(Cl)c5C5CC5)nc(c34)OC[C@@H]2CN1. The van der Waals surface area contributed by atoms with Crippen LogP contribution in [0.4, 0.5) is 14.6 Å². The van der Waals surface area contributed by atoms with E-state index in [1.165, 1.54) is 0 Å². The zero-order valence-electron chi connectivity index (χ0n) is 23.6. The molecule has 0 radical (unpaired) electrons. The van der Waals surface area contributed by atoms with Gasteiger partial charge in [0, 0.05) is 50.1 Å². The number of fused-ring (bicyclic) bond motifs is 3. The molecule has 1 N–H and O–H groups in total. The lowest BCUT2D eigenvalue weighted by atomic mass is 9.95. The van der Waals surface area contributed by atoms with Gasteiger partial charge in [-0.2, -0.15) is 9.97 Å². The average molecular weight is 598 g/mol. The van der Waals surface area contributed by atoms with E-state index in [4.69, 9.17) is 31.0 Å². The van der Waals surface area contributed by atoms with Crippen LogP contribution in [-0.4, -0.2) is 88.0 Å². The molecule has 3 saturated heterocycles. The standard InChI is InChI=1S/C30H34ClF2N7O2/c1-2-18-13-40-19(9-35-18)14-41-28-23-26(24(33)25(36-28)20-10-34-11-21(31)22(20)16-4-5-16)37-29(38-27(23)40)42-15-30-6-3-7-39(30)12-17(32)8-30/h10-11,16-19,35H,2-9,12-15H2,1H3/t17-,18-,19+,30+/m1/s1. The molecule has 0 bridgehead atoms. The van der Waals surface area contributed by atoms with E-state index in [1.807, 2.05) is 0 Å². The number of anilines is 1. The fourth-order valence-corrected chi connectivity index (χ4v) is 7.76. The van der Waals surface area contributed by atoms with Gasteiger partial charge < -0.3 is 19.7 Å². The Morgan fingerprint density at radius 2 is 2.10 bits per heavy atom. The summed E-state index contributed by atoms with van der Waals surface area (Å²) in [6, 6.07) is 0.307. The molecule has 0 amide bonds. The smallest absolute Gasteiger partial charge is 0.319 e. The third-order valence-electron chi connectivity index (χ3n) is 9.80. The van der Waals surface area contributed by atoms with E-state index in [1.54, 1.807) is 12.4 Å². The summed E-state index contributed by atoms with van der Waals surface area (Å²) < 4.78 is 43.8. The maximum absolute atomic E-state index is 16.7. The first kappa shape index (κ1) is 26.7. The van der Waals surface area contributed by atoms with E-state index in [2.05, 4.69) is 32.0 Å². The Morgan fingerprint density at radius 3 is 2.93 bits per heavy atom. The van der Waals surface area contributed by atoms with Gasteiger partial charge in [0.05, 0.1) is 16.6 Å². The van der Waals surface area contributed by atoms with Gasteiger partial charge in [-0.15, -0.1) is 0 Å². The molecule has 9 nitrogen and oxygen atoms in total. The van der Waals surface area contributed by atoms with E-state index in [0.29, 0.717) is 60.3 Å². The van der Waals surface area contributed by atoms with Crippen molar-refractivity contribution in [3.8, 4) is 23.1 Å². The summed E-state index contributed by atoms with van der Waals surface area (Å²) in [6.45, 7) is 5.43. The van der Waals surface area contributed by atoms with Crippen LogP contribution >= 0.6 is 11.6 Å². The quantitative estimate of drug-likeness (QED) is 0.436. The molecule has 5 aliphatic rings. The predicted octanol–water partition coefficient (Wildman–Crippen LogP) is 4.66. The summed E-state index contributed by atoms with van der Waals surface area (Å²) in [5.74, 6) is 0.525. The van der Waals surface area contributed by atoms with Crippen molar-refractivity contribution in [3.05, 3.63) is 28.8 Å². The lowest BCUT2D eigenvalue weighted by Gasteiger charge is -2.39. The third-order valence-corrected chi connectivity index (χ3v) is 10.1. The topological polar surface area (TPSA) is 88.5 Å². The van der Waals surface area contributed by atoms with Crippen molar-refractivity contribution in [2.24, 2.45) is 0 Å². The number of halogens is 3. The Labute approximate surface area is 248 Å². The van der Waals surface area contributed by atoms with Gasteiger partial charge in [-0.1, -0.05) is 18.5 Å². The molecule has 4 atom stereocenters. The van der Waals surface area contributed by atoms with Gasteiger partial charge in [0.25, 0.3) is 0 Å². The maximum atomic E-state index is 16.7. The highest BCUT2D eigenvalue weighted by Crippen LogP contribution is 2.49. The van der Waals surface area contributed by atoms with Gasteiger partial charge in [-0.25, -0.2) is 13.8 Å². The number of piperazine rings is 1. The van der Waals surface area contributed by atoms with Crippen LogP contribution in [0.3, 0.4) is 0 Å². The summed E-state index contributed by atoms with van der Waals surface area (Å²) in [4.78, 5) is 22.9. The molecule has 4 aliphatic heterocycles. The fourth-order valence-electron chi connectivity index (χ4n) is 7.45. The van der Waals surface area contributed by atoms with E-state index in [0.717, 1.165) is 44.2 Å². The zero-order chi connectivity index (χ0) is 28.6. The number of alkyl halides is 1. The van der Waals surface area contributed by atoms with Crippen molar-refractivity contribution in [1.82, 2.24) is 30.2 Å². The molecule has 222 valence electrons. The van der Waals surface area contributed by atoms with Gasteiger partial charge in [-0.3, -0.25) is 9.88 Å². The van der Waals surface area contributed by atoms with Crippen LogP contribution in [0.15, 0.2) is 12.4 Å². The lowest BCUT2D eigenvalue weighted by Crippen LogP contribution is -2.58. The number of hydrogen-bond donors (Lipinski definition) is 1. The summed E-state index contributed by atoms with van der Waals surface area (Å²) in [6.07, 6.45) is 7.55. The first-order valence-electron chi connectivity index (χ1n) is 15.1. The van der Waals surface area contributed by atoms with Crippen LogP contribution in [0.5, 0.6) is 11.9 Å². The van der Waals surface area contributed by atoms with Crippen molar-refractivity contribution in [2.45, 2.75) is 75.2 Å². The molecule has 0 spiro atoms. The molecule has 1 aliphatic carbocycles. The second-order valence-electron chi connectivity index (χ2n) is 12.5. The number of hydrogen-bond acceptors (Lipinski definition) is 9. The van der Waals surface area contributed by atoms with Crippen LogP contribution < -0.4 is 19.7 Å². The Balaban J connectivity index is 1.28. The molecule has 3 aromatic heterocycles. The van der Waals surface area contributed by atoms with Crippen molar-refractivity contribution >= 4 is 28.3 Å². The van der Waals surface area contributed by atoms with E-state index >= 15 is 4.39 Å². The number of rotatable bonds is 6. The van der Waals surface area contributed by atoms with Crippen LogP contribution in [0, 0.1) is 5.82 Å². The fraction of sp³-hybridized carbons (Fsp3) is 0.600. The van der Waals surface area contributed by atoms with Crippen LogP contribution in [0.1, 0.15) is 56.9 Å². The van der Waals surface area contributed by atoms with Gasteiger partial charge in [-0.05, 0) is 50.1 Å². The number of nitrogens with one attached hydrogen (secondary N) is 1. The third kappa shape index (κ3) is 4.30. The molecule has 0 unspecified atom stereocenters. The first-order valence-corrected chi connectivity index (χ1v) is 15.5. The average Bonchev–Trinajstić information content (AvgIpc) is 3.71. The minimum absolute atomic E-state index is 0.0274. The normalized spacial score (nSPS) is 28.9. The maximum Gasteiger partial charge on any atom is 0.319 e. The molecule has 42 heavy (non-hydrogen) atoms. The number of pyridine rings is 2. The van der Waals surface area contributed by atoms with Crippen LogP contribution in [-0.2, 0) is 0 Å². The number of aromatic nitrogens is 4. The van der Waals surface area contributed by atoms with E-state index in [9.17, 15) is 4.39 Å². The first-order chi connectivity index (χ1) is 20.4. The highest BCUT2D eigenvalue weighted by Gasteiger charge is 2.49. The van der Waals surface area contributed by atoms with Gasteiger partial charge in [0.1, 0.15) is 41.8 Å². The molecular weight excluding hydrogens is 564 g/mol. The van der Waals surface area contributed by atoms with Gasteiger partial charge >= 0.3 is 6.01 Å². The Bertz CT molecular complexity index is 1560. The molecule has 0 aromatic carbocycles. The summed E-state index contributed by atoms with van der Waals surface area (Å²) in [7, 11) is 0. The van der Waals surface area contributed by atoms with E-state index < -0.39 is 12.0 Å². The number of nitrogens with zero attached hydrogens (tertiary/aromatic N) is 6. The highest BCUT2D eigenvalue weighted by molar-refractivity contribution is 6.31. The lowest BCUT2D eigenvalue weighted by molar-refractivity contribution is 0.107.